The maximum Gasteiger partial charge on any atom is 0.270 e. The molecule has 0 bridgehead atoms. The molecule has 0 spiro atoms. The SMILES string of the molecule is O=[N+]([O-])c1ccc2nc(Sc3nnc(Cc4cccc5ccccc45)n3-c3ccccc3)sc2c1. The monoisotopic (exact) mass is 495 g/mol. The summed E-state index contributed by atoms with van der Waals surface area (Å²) in [5.74, 6) is 0.826. The van der Waals surface area contributed by atoms with Crippen molar-refractivity contribution in [2.24, 2.45) is 0 Å². The van der Waals surface area contributed by atoms with Crippen molar-refractivity contribution in [2.45, 2.75) is 15.9 Å². The first-order valence-corrected chi connectivity index (χ1v) is 12.5. The number of hydrogen-bond acceptors (Lipinski definition) is 7. The van der Waals surface area contributed by atoms with Crippen LogP contribution in [-0.4, -0.2) is 24.7 Å². The molecule has 0 amide bonds. The van der Waals surface area contributed by atoms with E-state index in [9.17, 15) is 10.1 Å². The van der Waals surface area contributed by atoms with Gasteiger partial charge in [0.15, 0.2) is 4.34 Å². The van der Waals surface area contributed by atoms with Crippen LogP contribution in [0, 0.1) is 10.1 Å². The Hall–Kier alpha value is -4.08. The zero-order valence-electron chi connectivity index (χ0n) is 18.2. The third-order valence-electron chi connectivity index (χ3n) is 5.69. The summed E-state index contributed by atoms with van der Waals surface area (Å²) >= 11 is 2.82. The first kappa shape index (κ1) is 21.5. The van der Waals surface area contributed by atoms with Crippen LogP contribution in [0.4, 0.5) is 5.69 Å². The molecule has 7 nitrogen and oxygen atoms in total. The van der Waals surface area contributed by atoms with Gasteiger partial charge in [0.05, 0.1) is 15.1 Å². The number of hydrogen-bond donors (Lipinski definition) is 0. The van der Waals surface area contributed by atoms with Crippen molar-refractivity contribution in [3.05, 3.63) is 112 Å². The van der Waals surface area contributed by atoms with Crippen LogP contribution in [0.2, 0.25) is 0 Å². The lowest BCUT2D eigenvalue weighted by Crippen LogP contribution is -2.04. The van der Waals surface area contributed by atoms with Crippen LogP contribution in [0.3, 0.4) is 0 Å². The highest BCUT2D eigenvalue weighted by molar-refractivity contribution is 8.01. The maximum atomic E-state index is 11.1. The van der Waals surface area contributed by atoms with E-state index in [4.69, 9.17) is 0 Å². The highest BCUT2D eigenvalue weighted by Crippen LogP contribution is 2.36. The smallest absolute Gasteiger partial charge is 0.270 e. The van der Waals surface area contributed by atoms with E-state index in [1.165, 1.54) is 45.5 Å². The van der Waals surface area contributed by atoms with Crippen LogP contribution in [-0.2, 0) is 6.42 Å². The van der Waals surface area contributed by atoms with Gasteiger partial charge in [-0.05, 0) is 46.3 Å². The molecule has 0 aliphatic heterocycles. The second-order valence-corrected chi connectivity index (χ2v) is 10.1. The van der Waals surface area contributed by atoms with Crippen molar-refractivity contribution < 1.29 is 4.92 Å². The summed E-state index contributed by atoms with van der Waals surface area (Å²) < 4.78 is 3.58. The Morgan fingerprint density at radius 1 is 0.914 bits per heavy atom. The average Bonchev–Trinajstić information content (AvgIpc) is 3.47. The Kier molecular flexibility index (Phi) is 5.48. The van der Waals surface area contributed by atoms with E-state index in [1.807, 2.05) is 42.5 Å². The molecule has 0 saturated heterocycles. The molecule has 0 N–H and O–H groups in total. The molecule has 4 aromatic carbocycles. The van der Waals surface area contributed by atoms with Crippen molar-refractivity contribution >= 4 is 49.8 Å². The van der Waals surface area contributed by atoms with E-state index in [0.717, 1.165) is 26.1 Å². The Balaban J connectivity index is 1.41. The summed E-state index contributed by atoms with van der Waals surface area (Å²) in [4.78, 5) is 15.4. The second kappa shape index (κ2) is 8.94. The third kappa shape index (κ3) is 4.16. The van der Waals surface area contributed by atoms with Gasteiger partial charge in [0.25, 0.3) is 5.69 Å². The minimum Gasteiger partial charge on any atom is -0.273 e. The van der Waals surface area contributed by atoms with Crippen LogP contribution in [0.5, 0.6) is 0 Å². The quantitative estimate of drug-likeness (QED) is 0.189. The predicted molar refractivity (Wildman–Crippen MR) is 139 cm³/mol. The fourth-order valence-corrected chi connectivity index (χ4v) is 6.14. The van der Waals surface area contributed by atoms with Gasteiger partial charge in [0, 0.05) is 24.2 Å². The van der Waals surface area contributed by atoms with Crippen molar-refractivity contribution in [2.75, 3.05) is 0 Å². The topological polar surface area (TPSA) is 86.7 Å². The second-order valence-electron chi connectivity index (χ2n) is 7.88. The number of fused-ring (bicyclic) bond motifs is 2. The van der Waals surface area contributed by atoms with E-state index in [1.54, 1.807) is 12.1 Å². The van der Waals surface area contributed by atoms with Gasteiger partial charge in [-0.15, -0.1) is 21.5 Å². The highest BCUT2D eigenvalue weighted by atomic mass is 32.2. The highest BCUT2D eigenvalue weighted by Gasteiger charge is 2.19. The molecule has 6 rings (SSSR count). The lowest BCUT2D eigenvalue weighted by atomic mass is 10.0. The van der Waals surface area contributed by atoms with Gasteiger partial charge >= 0.3 is 0 Å². The summed E-state index contributed by atoms with van der Waals surface area (Å²) in [6, 6.07) is 29.4. The van der Waals surface area contributed by atoms with Gasteiger partial charge in [-0.1, -0.05) is 60.7 Å². The number of thiazole rings is 1. The minimum atomic E-state index is -0.391. The van der Waals surface area contributed by atoms with Crippen molar-refractivity contribution in [1.29, 1.82) is 0 Å². The molecule has 0 atom stereocenters. The molecule has 6 aromatic rings. The molecule has 0 aliphatic rings. The molecule has 0 saturated carbocycles. The number of nitrogens with zero attached hydrogens (tertiary/aromatic N) is 5. The van der Waals surface area contributed by atoms with E-state index in [-0.39, 0.29) is 5.69 Å². The van der Waals surface area contributed by atoms with Gasteiger partial charge in [-0.2, -0.15) is 0 Å². The van der Waals surface area contributed by atoms with Crippen LogP contribution >= 0.6 is 23.1 Å². The fraction of sp³-hybridized carbons (Fsp3) is 0.0385. The number of nitro benzene ring substituents is 1. The fourth-order valence-electron chi connectivity index (χ4n) is 4.06. The minimum absolute atomic E-state index is 0.0579. The van der Waals surface area contributed by atoms with Crippen LogP contribution in [0.25, 0.3) is 26.7 Å². The van der Waals surface area contributed by atoms with E-state index in [2.05, 4.69) is 50.1 Å². The number of non-ortho nitro benzene ring substituents is 1. The summed E-state index contributed by atoms with van der Waals surface area (Å²) in [6.45, 7) is 0. The van der Waals surface area contributed by atoms with Gasteiger partial charge in [-0.3, -0.25) is 14.7 Å². The molecule has 2 heterocycles. The van der Waals surface area contributed by atoms with Crippen LogP contribution in [0.15, 0.2) is 100 Å². The van der Waals surface area contributed by atoms with E-state index < -0.39 is 4.92 Å². The van der Waals surface area contributed by atoms with Crippen LogP contribution < -0.4 is 0 Å². The zero-order valence-corrected chi connectivity index (χ0v) is 19.9. The third-order valence-corrected chi connectivity index (χ3v) is 7.71. The van der Waals surface area contributed by atoms with Gasteiger partial charge in [0.1, 0.15) is 5.82 Å². The molecule has 2 aromatic heterocycles. The number of rotatable bonds is 6. The summed E-state index contributed by atoms with van der Waals surface area (Å²) in [6.07, 6.45) is 0.621. The number of benzene rings is 4. The lowest BCUT2D eigenvalue weighted by Gasteiger charge is -2.11. The van der Waals surface area contributed by atoms with Crippen LogP contribution in [0.1, 0.15) is 11.4 Å². The summed E-state index contributed by atoms with van der Waals surface area (Å²) in [5.41, 5.74) is 2.93. The first-order chi connectivity index (χ1) is 17.2. The Morgan fingerprint density at radius 3 is 2.57 bits per heavy atom. The normalized spacial score (nSPS) is 11.3. The molecular formula is C26H17N5O2S2. The van der Waals surface area contributed by atoms with Crippen molar-refractivity contribution in [3.8, 4) is 5.69 Å². The summed E-state index contributed by atoms with van der Waals surface area (Å²) in [7, 11) is 0. The Bertz CT molecular complexity index is 1690. The van der Waals surface area contributed by atoms with Gasteiger partial charge in [-0.25, -0.2) is 4.98 Å². The molecule has 0 radical (unpaired) electrons. The standard InChI is InChI=1S/C26H17N5O2S2/c32-31(33)20-13-14-22-23(16-20)34-26(27-22)35-25-29-28-24(30(25)19-10-2-1-3-11-19)15-18-9-6-8-17-7-4-5-12-21(17)18/h1-14,16H,15H2. The van der Waals surface area contributed by atoms with E-state index in [0.29, 0.717) is 11.6 Å². The molecule has 0 fully saturated rings. The molecule has 0 aliphatic carbocycles. The number of aromatic nitrogens is 4. The number of para-hydroxylation sites is 1. The van der Waals surface area contributed by atoms with E-state index >= 15 is 0 Å². The molecule has 170 valence electrons. The largest absolute Gasteiger partial charge is 0.273 e. The molecule has 0 unspecified atom stereocenters. The van der Waals surface area contributed by atoms with Crippen molar-refractivity contribution in [3.63, 3.8) is 0 Å². The predicted octanol–water partition coefficient (Wildman–Crippen LogP) is 6.68. The zero-order chi connectivity index (χ0) is 23.8. The molecule has 9 heteroatoms. The lowest BCUT2D eigenvalue weighted by molar-refractivity contribution is -0.384. The molecule has 35 heavy (non-hydrogen) atoms. The van der Waals surface area contributed by atoms with Gasteiger partial charge < -0.3 is 0 Å². The van der Waals surface area contributed by atoms with Crippen molar-refractivity contribution in [1.82, 2.24) is 19.7 Å². The average molecular weight is 496 g/mol. The van der Waals surface area contributed by atoms with Gasteiger partial charge in [0.2, 0.25) is 5.16 Å². The number of nitro groups is 1. The summed E-state index contributed by atoms with van der Waals surface area (Å²) in [5, 5.41) is 23.3. The first-order valence-electron chi connectivity index (χ1n) is 10.8. The Labute approximate surface area is 208 Å². The molecular weight excluding hydrogens is 478 g/mol. The Morgan fingerprint density at radius 2 is 1.71 bits per heavy atom. The maximum absolute atomic E-state index is 11.1.